The van der Waals surface area contributed by atoms with Gasteiger partial charge in [0.05, 0.1) is 33.4 Å². The number of phenolic OH excluding ortho intramolecular Hbond substituents is 1. The standard InChI is InChI=1S/C19H21ClN2O5S/c1-12-10-22(11-13(2)27-12)28(25,26)14-7-8-16(20)15(9-14)19(24)21-17-5-3-4-6-18(17)23/h3-9,12-13,23H,10-11H2,1-2H3,(H,21,24)/t12-,13-/m1/s1. The van der Waals surface area contributed by atoms with Gasteiger partial charge in [0.1, 0.15) is 5.75 Å². The maximum atomic E-state index is 13.0. The van der Waals surface area contributed by atoms with Gasteiger partial charge in [0.25, 0.3) is 5.91 Å². The molecule has 2 aromatic rings. The number of nitrogens with zero attached hydrogens (tertiary/aromatic N) is 1. The number of morpholine rings is 1. The number of anilines is 1. The fourth-order valence-corrected chi connectivity index (χ4v) is 4.90. The summed E-state index contributed by atoms with van der Waals surface area (Å²) in [6.45, 7) is 4.08. The molecule has 0 aromatic heterocycles. The third kappa shape index (κ3) is 4.30. The number of ether oxygens (including phenoxy) is 1. The van der Waals surface area contributed by atoms with Crippen molar-refractivity contribution in [2.45, 2.75) is 31.0 Å². The Morgan fingerprint density at radius 2 is 1.82 bits per heavy atom. The Morgan fingerprint density at radius 1 is 1.18 bits per heavy atom. The predicted octanol–water partition coefficient (Wildman–Crippen LogP) is 3.10. The molecule has 28 heavy (non-hydrogen) atoms. The first-order valence-corrected chi connectivity index (χ1v) is 10.5. The van der Waals surface area contributed by atoms with Gasteiger partial charge < -0.3 is 15.2 Å². The molecule has 9 heteroatoms. The summed E-state index contributed by atoms with van der Waals surface area (Å²) >= 11 is 6.13. The Hall–Kier alpha value is -2.13. The molecule has 0 radical (unpaired) electrons. The predicted molar refractivity (Wildman–Crippen MR) is 106 cm³/mol. The van der Waals surface area contributed by atoms with E-state index in [1.165, 1.54) is 34.6 Å². The lowest BCUT2D eigenvalue weighted by Crippen LogP contribution is -2.48. The minimum atomic E-state index is -3.82. The summed E-state index contributed by atoms with van der Waals surface area (Å²) in [7, 11) is -3.82. The number of carbonyl (C=O) groups is 1. The van der Waals surface area contributed by atoms with E-state index in [9.17, 15) is 18.3 Å². The van der Waals surface area contributed by atoms with Gasteiger partial charge in [-0.15, -0.1) is 0 Å². The maximum Gasteiger partial charge on any atom is 0.257 e. The second kappa shape index (κ2) is 8.08. The first kappa shape index (κ1) is 20.6. The molecule has 2 aromatic carbocycles. The summed E-state index contributed by atoms with van der Waals surface area (Å²) in [5.41, 5.74) is 0.202. The lowest BCUT2D eigenvalue weighted by atomic mass is 10.2. The number of para-hydroxylation sites is 2. The number of amides is 1. The lowest BCUT2D eigenvalue weighted by Gasteiger charge is -2.34. The van der Waals surface area contributed by atoms with Crippen LogP contribution in [0.4, 0.5) is 5.69 Å². The van der Waals surface area contributed by atoms with E-state index < -0.39 is 15.9 Å². The molecule has 150 valence electrons. The second-order valence-corrected chi connectivity index (χ2v) is 9.04. The zero-order valence-corrected chi connectivity index (χ0v) is 17.0. The minimum absolute atomic E-state index is 0.000325. The van der Waals surface area contributed by atoms with Crippen molar-refractivity contribution in [3.63, 3.8) is 0 Å². The molecule has 0 saturated carbocycles. The van der Waals surface area contributed by atoms with Crippen LogP contribution < -0.4 is 5.32 Å². The number of rotatable bonds is 4. The number of phenols is 1. The van der Waals surface area contributed by atoms with Crippen molar-refractivity contribution in [2.75, 3.05) is 18.4 Å². The van der Waals surface area contributed by atoms with Crippen molar-refractivity contribution in [3.8, 4) is 5.75 Å². The molecule has 1 amide bonds. The third-order valence-electron chi connectivity index (χ3n) is 4.36. The number of nitrogens with one attached hydrogen (secondary N) is 1. The summed E-state index contributed by atoms with van der Waals surface area (Å²) in [6.07, 6.45) is -0.454. The van der Waals surface area contributed by atoms with Crippen LogP contribution in [0.25, 0.3) is 0 Å². The zero-order chi connectivity index (χ0) is 20.5. The zero-order valence-electron chi connectivity index (χ0n) is 15.4. The van der Waals surface area contributed by atoms with Gasteiger partial charge in [0.2, 0.25) is 10.0 Å². The van der Waals surface area contributed by atoms with Crippen molar-refractivity contribution in [2.24, 2.45) is 0 Å². The van der Waals surface area contributed by atoms with Crippen molar-refractivity contribution in [1.29, 1.82) is 0 Å². The number of hydrogen-bond acceptors (Lipinski definition) is 5. The van der Waals surface area contributed by atoms with E-state index in [4.69, 9.17) is 16.3 Å². The summed E-state index contributed by atoms with van der Waals surface area (Å²) in [6, 6.07) is 10.2. The highest BCUT2D eigenvalue weighted by molar-refractivity contribution is 7.89. The monoisotopic (exact) mass is 424 g/mol. The summed E-state index contributed by atoms with van der Waals surface area (Å²) in [5, 5.41) is 12.5. The molecule has 7 nitrogen and oxygen atoms in total. The van der Waals surface area contributed by atoms with Crippen LogP contribution in [0, 0.1) is 0 Å². The van der Waals surface area contributed by atoms with E-state index in [1.807, 2.05) is 13.8 Å². The quantitative estimate of drug-likeness (QED) is 0.735. The van der Waals surface area contributed by atoms with E-state index in [0.29, 0.717) is 0 Å². The molecule has 0 spiro atoms. The van der Waals surface area contributed by atoms with Crippen LogP contribution in [0.2, 0.25) is 5.02 Å². The number of hydrogen-bond donors (Lipinski definition) is 2. The van der Waals surface area contributed by atoms with Crippen LogP contribution >= 0.6 is 11.6 Å². The number of benzene rings is 2. The van der Waals surface area contributed by atoms with Gasteiger partial charge >= 0.3 is 0 Å². The molecule has 2 N–H and O–H groups in total. The SMILES string of the molecule is C[C@@H]1CN(S(=O)(=O)c2ccc(Cl)c(C(=O)Nc3ccccc3O)c2)C[C@@H](C)O1. The molecular formula is C19H21ClN2O5S. The highest BCUT2D eigenvalue weighted by Crippen LogP contribution is 2.27. The van der Waals surface area contributed by atoms with Crippen molar-refractivity contribution < 1.29 is 23.1 Å². The van der Waals surface area contributed by atoms with Gasteiger partial charge in [-0.3, -0.25) is 4.79 Å². The van der Waals surface area contributed by atoms with Gasteiger partial charge in [0, 0.05) is 13.1 Å². The number of halogens is 1. The van der Waals surface area contributed by atoms with Crippen LogP contribution in [-0.2, 0) is 14.8 Å². The maximum absolute atomic E-state index is 13.0. The lowest BCUT2D eigenvalue weighted by molar-refractivity contribution is -0.0440. The summed E-state index contributed by atoms with van der Waals surface area (Å²) < 4.78 is 33.0. The Kier molecular flexibility index (Phi) is 5.95. The molecule has 0 aliphatic carbocycles. The average Bonchev–Trinajstić information content (AvgIpc) is 2.63. The van der Waals surface area contributed by atoms with Gasteiger partial charge in [-0.25, -0.2) is 8.42 Å². The van der Waals surface area contributed by atoms with Crippen LogP contribution in [-0.4, -0.2) is 49.0 Å². The highest BCUT2D eigenvalue weighted by atomic mass is 35.5. The fourth-order valence-electron chi connectivity index (χ4n) is 3.08. The van der Waals surface area contributed by atoms with Crippen LogP contribution in [0.15, 0.2) is 47.4 Å². The van der Waals surface area contributed by atoms with Gasteiger partial charge in [0.15, 0.2) is 0 Å². The Balaban J connectivity index is 1.90. The molecule has 1 aliphatic rings. The van der Waals surface area contributed by atoms with Crippen LogP contribution in [0.3, 0.4) is 0 Å². The Morgan fingerprint density at radius 3 is 2.46 bits per heavy atom. The average molecular weight is 425 g/mol. The van der Waals surface area contributed by atoms with Gasteiger partial charge in [-0.05, 0) is 44.2 Å². The molecule has 2 atom stereocenters. The number of sulfonamides is 1. The largest absolute Gasteiger partial charge is 0.506 e. The molecule has 1 heterocycles. The summed E-state index contributed by atoms with van der Waals surface area (Å²) in [5.74, 6) is -0.723. The molecular weight excluding hydrogens is 404 g/mol. The van der Waals surface area contributed by atoms with Crippen molar-refractivity contribution in [1.82, 2.24) is 4.31 Å². The van der Waals surface area contributed by atoms with E-state index in [0.717, 1.165) is 0 Å². The smallest absolute Gasteiger partial charge is 0.257 e. The normalized spacial score (nSPS) is 20.7. The van der Waals surface area contributed by atoms with Crippen LogP contribution in [0.5, 0.6) is 5.75 Å². The van der Waals surface area contributed by atoms with Crippen molar-refractivity contribution >= 4 is 33.2 Å². The molecule has 0 bridgehead atoms. The molecule has 1 fully saturated rings. The van der Waals surface area contributed by atoms with Crippen LogP contribution in [0.1, 0.15) is 24.2 Å². The molecule has 1 aliphatic heterocycles. The molecule has 1 saturated heterocycles. The number of aromatic hydroxyl groups is 1. The Bertz CT molecular complexity index is 986. The van der Waals surface area contributed by atoms with E-state index in [-0.39, 0.29) is 52.2 Å². The van der Waals surface area contributed by atoms with Gasteiger partial charge in [-0.1, -0.05) is 23.7 Å². The molecule has 0 unspecified atom stereocenters. The molecule has 3 rings (SSSR count). The van der Waals surface area contributed by atoms with E-state index in [2.05, 4.69) is 5.32 Å². The van der Waals surface area contributed by atoms with E-state index in [1.54, 1.807) is 12.1 Å². The number of carbonyl (C=O) groups excluding carboxylic acids is 1. The first-order valence-electron chi connectivity index (χ1n) is 8.73. The Labute approximate surface area is 168 Å². The first-order chi connectivity index (χ1) is 13.2. The van der Waals surface area contributed by atoms with Crippen molar-refractivity contribution in [3.05, 3.63) is 53.1 Å². The summed E-state index contributed by atoms with van der Waals surface area (Å²) in [4.78, 5) is 12.6. The second-order valence-electron chi connectivity index (χ2n) is 6.69. The van der Waals surface area contributed by atoms with Gasteiger partial charge in [-0.2, -0.15) is 4.31 Å². The fraction of sp³-hybridized carbons (Fsp3) is 0.316. The topological polar surface area (TPSA) is 95.9 Å². The minimum Gasteiger partial charge on any atom is -0.506 e. The third-order valence-corrected chi connectivity index (χ3v) is 6.52. The highest BCUT2D eigenvalue weighted by Gasteiger charge is 2.32. The van der Waals surface area contributed by atoms with E-state index >= 15 is 0 Å².